The maximum atomic E-state index is 12.6. The van der Waals surface area contributed by atoms with Crippen molar-refractivity contribution < 1.29 is 29.3 Å². The number of aliphatic carboxylic acids is 2. The first-order chi connectivity index (χ1) is 13.4. The van der Waals surface area contributed by atoms with E-state index in [-0.39, 0.29) is 5.92 Å². The molecule has 28 heavy (non-hydrogen) atoms. The van der Waals surface area contributed by atoms with E-state index in [1.165, 1.54) is 18.4 Å². The van der Waals surface area contributed by atoms with Gasteiger partial charge in [0, 0.05) is 26.2 Å². The van der Waals surface area contributed by atoms with E-state index < -0.39 is 11.9 Å². The molecule has 0 bridgehead atoms. The average Bonchev–Trinajstić information content (AvgIpc) is 3.23. The van der Waals surface area contributed by atoms with Gasteiger partial charge in [0.25, 0.3) is 0 Å². The monoisotopic (exact) mass is 392 g/mol. The predicted molar refractivity (Wildman–Crippen MR) is 102 cm³/mol. The van der Waals surface area contributed by atoms with Crippen LogP contribution >= 0.6 is 0 Å². The van der Waals surface area contributed by atoms with E-state index in [9.17, 15) is 4.79 Å². The number of rotatable bonds is 4. The van der Waals surface area contributed by atoms with Crippen LogP contribution in [0.4, 0.5) is 0 Å². The molecule has 8 heteroatoms. The van der Waals surface area contributed by atoms with Gasteiger partial charge < -0.3 is 19.8 Å². The van der Waals surface area contributed by atoms with Crippen molar-refractivity contribution in [2.24, 2.45) is 5.92 Å². The zero-order chi connectivity index (χ0) is 20.5. The first kappa shape index (κ1) is 21.7. The Kier molecular flexibility index (Phi) is 8.25. The quantitative estimate of drug-likeness (QED) is 0.751. The third-order valence-electron chi connectivity index (χ3n) is 5.02. The third-order valence-corrected chi connectivity index (χ3v) is 5.02. The van der Waals surface area contributed by atoms with Gasteiger partial charge in [0.05, 0.1) is 13.0 Å². The Hall–Kier alpha value is -2.61. The number of likely N-dealkylation sites (tertiary alicyclic amines) is 2. The molecule has 1 atom stereocenters. The van der Waals surface area contributed by atoms with Crippen molar-refractivity contribution in [3.63, 3.8) is 0 Å². The second-order valence-electron chi connectivity index (χ2n) is 7.07. The van der Waals surface area contributed by atoms with Crippen LogP contribution in [0.2, 0.25) is 0 Å². The van der Waals surface area contributed by atoms with Crippen LogP contribution in [0.25, 0.3) is 0 Å². The molecule has 1 aromatic rings. The molecule has 2 heterocycles. The van der Waals surface area contributed by atoms with Crippen LogP contribution in [-0.2, 0) is 20.9 Å². The van der Waals surface area contributed by atoms with E-state index in [1.54, 1.807) is 7.11 Å². The summed E-state index contributed by atoms with van der Waals surface area (Å²) in [5.74, 6) is -2.17. The molecule has 2 saturated heterocycles. The van der Waals surface area contributed by atoms with Crippen LogP contribution in [0.3, 0.4) is 0 Å². The van der Waals surface area contributed by atoms with Crippen molar-refractivity contribution in [3.8, 4) is 5.75 Å². The minimum absolute atomic E-state index is 0.199. The Bertz CT molecular complexity index is 658. The number of hydrogen-bond acceptors (Lipinski definition) is 5. The molecule has 2 aliphatic rings. The molecule has 1 amide bonds. The minimum Gasteiger partial charge on any atom is -0.497 e. The molecule has 1 aromatic carbocycles. The number of ether oxygens (including phenoxy) is 1. The number of benzene rings is 1. The highest BCUT2D eigenvalue weighted by Gasteiger charge is 2.30. The smallest absolute Gasteiger partial charge is 0.414 e. The number of methoxy groups -OCH3 is 1. The summed E-state index contributed by atoms with van der Waals surface area (Å²) in [5, 5.41) is 14.8. The molecule has 0 radical (unpaired) electrons. The maximum Gasteiger partial charge on any atom is 0.414 e. The molecule has 1 unspecified atom stereocenters. The number of carbonyl (C=O) groups excluding carboxylic acids is 1. The Morgan fingerprint density at radius 2 is 1.61 bits per heavy atom. The minimum atomic E-state index is -1.82. The van der Waals surface area contributed by atoms with Gasteiger partial charge >= 0.3 is 11.9 Å². The number of carbonyl (C=O) groups is 3. The number of hydrogen-bond donors (Lipinski definition) is 2. The number of nitrogens with zero attached hydrogens (tertiary/aromatic N) is 2. The molecule has 2 fully saturated rings. The second kappa shape index (κ2) is 10.7. The van der Waals surface area contributed by atoms with Crippen LogP contribution in [0.5, 0.6) is 5.75 Å². The summed E-state index contributed by atoms with van der Waals surface area (Å²) in [4.78, 5) is 35.3. The zero-order valence-corrected chi connectivity index (χ0v) is 16.2. The lowest BCUT2D eigenvalue weighted by Crippen LogP contribution is -2.43. The normalized spacial score (nSPS) is 19.5. The third kappa shape index (κ3) is 6.53. The van der Waals surface area contributed by atoms with E-state index in [0.717, 1.165) is 51.3 Å². The largest absolute Gasteiger partial charge is 0.497 e. The molecule has 0 saturated carbocycles. The summed E-state index contributed by atoms with van der Waals surface area (Å²) >= 11 is 0. The fourth-order valence-electron chi connectivity index (χ4n) is 3.59. The fourth-order valence-corrected chi connectivity index (χ4v) is 3.59. The van der Waals surface area contributed by atoms with Crippen LogP contribution in [0.1, 0.15) is 31.2 Å². The molecule has 2 N–H and O–H groups in total. The topological polar surface area (TPSA) is 107 Å². The Morgan fingerprint density at radius 1 is 1.00 bits per heavy atom. The lowest BCUT2D eigenvalue weighted by Gasteiger charge is -2.34. The van der Waals surface area contributed by atoms with Crippen molar-refractivity contribution in [2.75, 3.05) is 33.3 Å². The molecule has 3 rings (SSSR count). The number of carboxylic acid groups (broad SMARTS) is 2. The van der Waals surface area contributed by atoms with Gasteiger partial charge in [0.15, 0.2) is 0 Å². The van der Waals surface area contributed by atoms with Gasteiger partial charge in [-0.1, -0.05) is 12.1 Å². The summed E-state index contributed by atoms with van der Waals surface area (Å²) in [5.41, 5.74) is 1.29. The van der Waals surface area contributed by atoms with Gasteiger partial charge in [0.1, 0.15) is 5.75 Å². The van der Waals surface area contributed by atoms with Crippen molar-refractivity contribution >= 4 is 17.8 Å². The first-order valence-corrected chi connectivity index (χ1v) is 9.51. The molecule has 2 aliphatic heterocycles. The van der Waals surface area contributed by atoms with Gasteiger partial charge in [-0.25, -0.2) is 9.59 Å². The van der Waals surface area contributed by atoms with E-state index in [4.69, 9.17) is 24.5 Å². The van der Waals surface area contributed by atoms with E-state index in [0.29, 0.717) is 5.91 Å². The summed E-state index contributed by atoms with van der Waals surface area (Å²) in [6.07, 6.45) is 4.52. The summed E-state index contributed by atoms with van der Waals surface area (Å²) in [7, 11) is 1.69. The molecule has 8 nitrogen and oxygen atoms in total. The summed E-state index contributed by atoms with van der Waals surface area (Å²) in [6, 6.07) is 8.24. The average molecular weight is 392 g/mol. The Labute approximate surface area is 164 Å². The predicted octanol–water partition coefficient (Wildman–Crippen LogP) is 1.69. The standard InChI is InChI=1S/C18H26N2O2.C2H2O4/c1-22-17-8-6-15(7-9-17)13-19-10-4-5-16(14-19)18(21)20-11-2-3-12-20;3-1(4)2(5)6/h6-9,16H,2-5,10-14H2,1H3;(H,3,4)(H,5,6). The molecule has 0 aromatic heterocycles. The van der Waals surface area contributed by atoms with Gasteiger partial charge in [-0.3, -0.25) is 9.69 Å². The van der Waals surface area contributed by atoms with Gasteiger partial charge in [0.2, 0.25) is 5.91 Å². The molecule has 0 spiro atoms. The second-order valence-corrected chi connectivity index (χ2v) is 7.07. The molecular weight excluding hydrogens is 364 g/mol. The maximum absolute atomic E-state index is 12.6. The van der Waals surface area contributed by atoms with Crippen molar-refractivity contribution in [1.29, 1.82) is 0 Å². The fraction of sp³-hybridized carbons (Fsp3) is 0.550. The van der Waals surface area contributed by atoms with Gasteiger partial charge in [-0.2, -0.15) is 0 Å². The van der Waals surface area contributed by atoms with Crippen LogP contribution in [-0.4, -0.2) is 71.1 Å². The number of amides is 1. The van der Waals surface area contributed by atoms with E-state index in [1.807, 2.05) is 12.1 Å². The lowest BCUT2D eigenvalue weighted by atomic mass is 9.96. The van der Waals surface area contributed by atoms with Crippen LogP contribution in [0, 0.1) is 5.92 Å². The van der Waals surface area contributed by atoms with E-state index in [2.05, 4.69) is 21.9 Å². The SMILES string of the molecule is COc1ccc(CN2CCCC(C(=O)N3CCCC3)C2)cc1.O=C(O)C(=O)O. The van der Waals surface area contributed by atoms with Gasteiger partial charge in [-0.15, -0.1) is 0 Å². The van der Waals surface area contributed by atoms with Crippen LogP contribution < -0.4 is 4.74 Å². The van der Waals surface area contributed by atoms with Gasteiger partial charge in [-0.05, 0) is 49.9 Å². The van der Waals surface area contributed by atoms with Crippen LogP contribution in [0.15, 0.2) is 24.3 Å². The zero-order valence-electron chi connectivity index (χ0n) is 16.2. The van der Waals surface area contributed by atoms with Crippen molar-refractivity contribution in [2.45, 2.75) is 32.2 Å². The molecular formula is C20H28N2O6. The highest BCUT2D eigenvalue weighted by molar-refractivity contribution is 6.27. The Morgan fingerprint density at radius 3 is 2.14 bits per heavy atom. The Balaban J connectivity index is 0.000000409. The number of carboxylic acids is 2. The summed E-state index contributed by atoms with van der Waals surface area (Å²) in [6.45, 7) is 4.85. The number of piperidine rings is 1. The molecule has 154 valence electrons. The highest BCUT2D eigenvalue weighted by atomic mass is 16.5. The lowest BCUT2D eigenvalue weighted by molar-refractivity contribution is -0.159. The van der Waals surface area contributed by atoms with E-state index >= 15 is 0 Å². The first-order valence-electron chi connectivity index (χ1n) is 9.51. The highest BCUT2D eigenvalue weighted by Crippen LogP contribution is 2.23. The molecule has 0 aliphatic carbocycles. The summed E-state index contributed by atoms with van der Waals surface area (Å²) < 4.78 is 5.20. The van der Waals surface area contributed by atoms with Crippen molar-refractivity contribution in [3.05, 3.63) is 29.8 Å². The van der Waals surface area contributed by atoms with Crippen molar-refractivity contribution in [1.82, 2.24) is 9.80 Å².